The van der Waals surface area contributed by atoms with E-state index in [1.54, 1.807) is 12.3 Å². The van der Waals surface area contributed by atoms with Gasteiger partial charge < -0.3 is 10.2 Å². The lowest BCUT2D eigenvalue weighted by atomic mass is 10.0. The van der Waals surface area contributed by atoms with E-state index < -0.39 is 0 Å². The van der Waals surface area contributed by atoms with Crippen molar-refractivity contribution < 1.29 is 4.39 Å². The molecule has 1 aliphatic heterocycles. The summed E-state index contributed by atoms with van der Waals surface area (Å²) in [7, 11) is 0. The molecule has 1 saturated heterocycles. The van der Waals surface area contributed by atoms with Gasteiger partial charge in [-0.2, -0.15) is 5.26 Å². The highest BCUT2D eigenvalue weighted by atomic mass is 19.1. The maximum absolute atomic E-state index is 13.0. The van der Waals surface area contributed by atoms with Gasteiger partial charge in [0.25, 0.3) is 0 Å². The summed E-state index contributed by atoms with van der Waals surface area (Å²) in [5.74, 6) is 0.603. The lowest BCUT2D eigenvalue weighted by molar-refractivity contribution is 0.525. The van der Waals surface area contributed by atoms with Crippen LogP contribution >= 0.6 is 0 Å². The van der Waals surface area contributed by atoms with E-state index in [9.17, 15) is 4.39 Å². The van der Waals surface area contributed by atoms with Crippen molar-refractivity contribution >= 4 is 11.5 Å². The van der Waals surface area contributed by atoms with Crippen LogP contribution in [0.4, 0.5) is 15.9 Å². The van der Waals surface area contributed by atoms with Crippen LogP contribution in [-0.2, 0) is 0 Å². The van der Waals surface area contributed by atoms with E-state index in [0.29, 0.717) is 11.6 Å². The standard InChI is InChI=1S/C17H17FN4/c18-14-2-4-16(5-3-14)22-9-7-15(8-10-22)21-17-6-1-13(11-19)12-20-17/h1-6,12,15H,7-10H2,(H,20,21). The molecule has 5 heteroatoms. The first-order valence-corrected chi connectivity index (χ1v) is 7.38. The van der Waals surface area contributed by atoms with Crippen molar-refractivity contribution in [3.8, 4) is 6.07 Å². The highest BCUT2D eigenvalue weighted by molar-refractivity contribution is 5.47. The van der Waals surface area contributed by atoms with Crippen LogP contribution in [0.3, 0.4) is 0 Å². The van der Waals surface area contributed by atoms with E-state index in [1.165, 1.54) is 12.1 Å². The van der Waals surface area contributed by atoms with Crippen molar-refractivity contribution in [2.75, 3.05) is 23.3 Å². The minimum absolute atomic E-state index is 0.202. The lowest BCUT2D eigenvalue weighted by Gasteiger charge is -2.34. The highest BCUT2D eigenvalue weighted by Gasteiger charge is 2.19. The summed E-state index contributed by atoms with van der Waals surface area (Å²) in [5, 5.41) is 12.2. The molecule has 1 aromatic heterocycles. The number of hydrogen-bond acceptors (Lipinski definition) is 4. The van der Waals surface area contributed by atoms with Crippen molar-refractivity contribution in [1.29, 1.82) is 5.26 Å². The van der Waals surface area contributed by atoms with Gasteiger partial charge >= 0.3 is 0 Å². The number of pyridine rings is 1. The fourth-order valence-corrected chi connectivity index (χ4v) is 2.69. The molecule has 4 nitrogen and oxygen atoms in total. The molecule has 1 N–H and O–H groups in total. The van der Waals surface area contributed by atoms with Crippen LogP contribution in [0.5, 0.6) is 0 Å². The molecule has 0 amide bonds. The maximum atomic E-state index is 13.0. The quantitative estimate of drug-likeness (QED) is 0.945. The third-order valence-electron chi connectivity index (χ3n) is 3.93. The Bertz CT molecular complexity index is 653. The number of halogens is 1. The Hall–Kier alpha value is -2.61. The third kappa shape index (κ3) is 3.34. The van der Waals surface area contributed by atoms with Gasteiger partial charge in [0.1, 0.15) is 17.7 Å². The first-order chi connectivity index (χ1) is 10.7. The number of rotatable bonds is 3. The molecule has 112 valence electrons. The minimum atomic E-state index is -0.202. The molecule has 1 aliphatic rings. The molecule has 2 heterocycles. The van der Waals surface area contributed by atoms with E-state index in [4.69, 9.17) is 5.26 Å². The predicted octanol–water partition coefficient (Wildman–Crippen LogP) is 3.17. The summed E-state index contributed by atoms with van der Waals surface area (Å²) in [6.45, 7) is 1.86. The molecule has 1 fully saturated rings. The van der Waals surface area contributed by atoms with Gasteiger partial charge in [-0.15, -0.1) is 0 Å². The third-order valence-corrected chi connectivity index (χ3v) is 3.93. The average molecular weight is 296 g/mol. The monoisotopic (exact) mass is 296 g/mol. The van der Waals surface area contributed by atoms with Crippen molar-refractivity contribution in [3.63, 3.8) is 0 Å². The lowest BCUT2D eigenvalue weighted by Crippen LogP contribution is -2.39. The largest absolute Gasteiger partial charge is 0.371 e. The predicted molar refractivity (Wildman–Crippen MR) is 84.2 cm³/mol. The molecule has 0 unspecified atom stereocenters. The number of benzene rings is 1. The van der Waals surface area contributed by atoms with Crippen LogP contribution in [0.25, 0.3) is 0 Å². The molecule has 3 rings (SSSR count). The first-order valence-electron chi connectivity index (χ1n) is 7.38. The van der Waals surface area contributed by atoms with Gasteiger partial charge in [-0.25, -0.2) is 9.37 Å². The molecular weight excluding hydrogens is 279 g/mol. The van der Waals surface area contributed by atoms with Crippen molar-refractivity contribution in [2.24, 2.45) is 0 Å². The zero-order valence-corrected chi connectivity index (χ0v) is 12.2. The van der Waals surface area contributed by atoms with Crippen LogP contribution < -0.4 is 10.2 Å². The van der Waals surface area contributed by atoms with E-state index in [2.05, 4.69) is 21.3 Å². The van der Waals surface area contributed by atoms with Crippen LogP contribution in [0.15, 0.2) is 42.6 Å². The molecule has 0 saturated carbocycles. The van der Waals surface area contributed by atoms with Gasteiger partial charge in [0, 0.05) is 31.0 Å². The summed E-state index contributed by atoms with van der Waals surface area (Å²) in [6, 6.07) is 12.7. The van der Waals surface area contributed by atoms with Gasteiger partial charge in [0.2, 0.25) is 0 Å². The van der Waals surface area contributed by atoms with Gasteiger partial charge in [-0.1, -0.05) is 0 Å². The molecule has 2 aromatic rings. The van der Waals surface area contributed by atoms with Crippen molar-refractivity contribution in [1.82, 2.24) is 4.98 Å². The van der Waals surface area contributed by atoms with E-state index >= 15 is 0 Å². The number of anilines is 2. The van der Waals surface area contributed by atoms with Crippen LogP contribution in [0.2, 0.25) is 0 Å². The van der Waals surface area contributed by atoms with E-state index in [0.717, 1.165) is 37.4 Å². The Kier molecular flexibility index (Phi) is 4.19. The Labute approximate surface area is 129 Å². The second-order valence-electron chi connectivity index (χ2n) is 5.43. The fourth-order valence-electron chi connectivity index (χ4n) is 2.69. The molecule has 0 atom stereocenters. The zero-order chi connectivity index (χ0) is 15.4. The molecule has 0 radical (unpaired) electrons. The van der Waals surface area contributed by atoms with Crippen LogP contribution in [-0.4, -0.2) is 24.1 Å². The van der Waals surface area contributed by atoms with Crippen molar-refractivity contribution in [2.45, 2.75) is 18.9 Å². The summed E-state index contributed by atoms with van der Waals surface area (Å²) >= 11 is 0. The molecule has 0 bridgehead atoms. The Balaban J connectivity index is 1.55. The second kappa shape index (κ2) is 6.44. The van der Waals surface area contributed by atoms with Gasteiger partial charge in [0.05, 0.1) is 5.56 Å². The topological polar surface area (TPSA) is 52.0 Å². The van der Waals surface area contributed by atoms with Gasteiger partial charge in [-0.05, 0) is 49.2 Å². The van der Waals surface area contributed by atoms with E-state index in [1.807, 2.05) is 18.2 Å². The summed E-state index contributed by atoms with van der Waals surface area (Å²) in [6.07, 6.45) is 3.58. The maximum Gasteiger partial charge on any atom is 0.126 e. The Morgan fingerprint density at radius 1 is 1.14 bits per heavy atom. The number of nitriles is 1. The molecular formula is C17H17FN4. The SMILES string of the molecule is N#Cc1ccc(NC2CCN(c3ccc(F)cc3)CC2)nc1. The number of piperidine rings is 1. The summed E-state index contributed by atoms with van der Waals surface area (Å²) in [4.78, 5) is 6.51. The first kappa shape index (κ1) is 14.3. The van der Waals surface area contributed by atoms with Gasteiger partial charge in [-0.3, -0.25) is 0 Å². The Morgan fingerprint density at radius 2 is 1.86 bits per heavy atom. The highest BCUT2D eigenvalue weighted by Crippen LogP contribution is 2.22. The molecule has 0 aliphatic carbocycles. The fraction of sp³-hybridized carbons (Fsp3) is 0.294. The molecule has 1 aromatic carbocycles. The summed E-state index contributed by atoms with van der Waals surface area (Å²) in [5.41, 5.74) is 1.63. The second-order valence-corrected chi connectivity index (χ2v) is 5.43. The number of nitrogens with zero attached hydrogens (tertiary/aromatic N) is 3. The summed E-state index contributed by atoms with van der Waals surface area (Å²) < 4.78 is 13.0. The average Bonchev–Trinajstić information content (AvgIpc) is 2.57. The number of nitrogens with one attached hydrogen (secondary N) is 1. The Morgan fingerprint density at radius 3 is 2.45 bits per heavy atom. The number of hydrogen-bond donors (Lipinski definition) is 1. The smallest absolute Gasteiger partial charge is 0.126 e. The van der Waals surface area contributed by atoms with E-state index in [-0.39, 0.29) is 5.82 Å². The van der Waals surface area contributed by atoms with Crippen LogP contribution in [0, 0.1) is 17.1 Å². The minimum Gasteiger partial charge on any atom is -0.371 e. The molecule has 0 spiro atoms. The van der Waals surface area contributed by atoms with Gasteiger partial charge in [0.15, 0.2) is 0 Å². The number of aromatic nitrogens is 1. The zero-order valence-electron chi connectivity index (χ0n) is 12.2. The normalized spacial score (nSPS) is 15.4. The molecule has 22 heavy (non-hydrogen) atoms. The van der Waals surface area contributed by atoms with Crippen LogP contribution in [0.1, 0.15) is 18.4 Å². The van der Waals surface area contributed by atoms with Crippen molar-refractivity contribution in [3.05, 3.63) is 54.0 Å².